The van der Waals surface area contributed by atoms with Crippen LogP contribution in [0.1, 0.15) is 32.2 Å². The van der Waals surface area contributed by atoms with Crippen molar-refractivity contribution in [3.05, 3.63) is 17.5 Å². The Kier molecular flexibility index (Phi) is 7.49. The van der Waals surface area contributed by atoms with Gasteiger partial charge in [0, 0.05) is 70.5 Å². The number of hydrogen-bond acceptors (Lipinski definition) is 7. The maximum atomic E-state index is 12.7. The molecule has 2 fully saturated rings. The number of nitrogens with one attached hydrogen (secondary N) is 1. The number of hydrogen-bond donors (Lipinski definition) is 1. The summed E-state index contributed by atoms with van der Waals surface area (Å²) in [5, 5.41) is 7.05. The molecule has 1 aromatic rings. The Morgan fingerprint density at radius 1 is 0.967 bits per heavy atom. The molecule has 3 rings (SSSR count). The van der Waals surface area contributed by atoms with Crippen molar-refractivity contribution in [1.29, 1.82) is 0 Å². The van der Waals surface area contributed by atoms with Crippen molar-refractivity contribution in [1.82, 2.24) is 30.1 Å². The average Bonchev–Trinajstić information content (AvgIpc) is 3.07. The second-order valence-corrected chi connectivity index (χ2v) is 9.44. The minimum atomic E-state index is -0.215. The molecule has 0 aromatic carbocycles. The zero-order chi connectivity index (χ0) is 21.7. The molecular formula is C21H36N6O3. The highest BCUT2D eigenvalue weighted by Crippen LogP contribution is 2.10. The Hall–Kier alpha value is -1.97. The van der Waals surface area contributed by atoms with Crippen molar-refractivity contribution in [3.63, 3.8) is 0 Å². The molecule has 0 atom stereocenters. The maximum Gasteiger partial charge on any atom is 0.236 e. The highest BCUT2D eigenvalue weighted by Gasteiger charge is 2.26. The van der Waals surface area contributed by atoms with Crippen LogP contribution in [0.3, 0.4) is 0 Å². The minimum Gasteiger partial charge on any atom is -0.361 e. The second-order valence-electron chi connectivity index (χ2n) is 9.44. The molecular weight excluding hydrogens is 384 g/mol. The number of nitrogens with zero attached hydrogens (tertiary/aromatic N) is 5. The number of aryl methyl sites for hydroxylation is 1. The van der Waals surface area contributed by atoms with Gasteiger partial charge in [-0.25, -0.2) is 0 Å². The fraction of sp³-hybridized carbons (Fsp3) is 0.762. The van der Waals surface area contributed by atoms with E-state index >= 15 is 0 Å². The van der Waals surface area contributed by atoms with Crippen molar-refractivity contribution < 1.29 is 14.1 Å². The van der Waals surface area contributed by atoms with Crippen LogP contribution in [0.25, 0.3) is 0 Å². The molecule has 0 radical (unpaired) electrons. The van der Waals surface area contributed by atoms with Gasteiger partial charge in [-0.05, 0) is 27.7 Å². The predicted octanol–water partition coefficient (Wildman–Crippen LogP) is 0.160. The van der Waals surface area contributed by atoms with E-state index in [1.807, 2.05) is 38.7 Å². The summed E-state index contributed by atoms with van der Waals surface area (Å²) in [6.07, 6.45) is 0. The van der Waals surface area contributed by atoms with Crippen molar-refractivity contribution >= 4 is 11.8 Å². The summed E-state index contributed by atoms with van der Waals surface area (Å²) in [4.78, 5) is 33.4. The van der Waals surface area contributed by atoms with Gasteiger partial charge in [-0.2, -0.15) is 0 Å². The fourth-order valence-electron chi connectivity index (χ4n) is 3.93. The van der Waals surface area contributed by atoms with Crippen molar-refractivity contribution in [3.8, 4) is 0 Å². The first-order valence-electron chi connectivity index (χ1n) is 10.9. The van der Waals surface area contributed by atoms with Gasteiger partial charge in [-0.15, -0.1) is 0 Å². The van der Waals surface area contributed by atoms with Crippen LogP contribution in [0.4, 0.5) is 0 Å². The third kappa shape index (κ3) is 7.07. The molecule has 1 aromatic heterocycles. The van der Waals surface area contributed by atoms with E-state index in [0.717, 1.165) is 57.3 Å². The smallest absolute Gasteiger partial charge is 0.236 e. The molecule has 9 heteroatoms. The molecule has 1 N–H and O–H groups in total. The van der Waals surface area contributed by atoms with Crippen LogP contribution in [-0.2, 0) is 16.1 Å². The molecule has 9 nitrogen and oxygen atoms in total. The van der Waals surface area contributed by atoms with Crippen LogP contribution in [0.15, 0.2) is 10.6 Å². The monoisotopic (exact) mass is 420 g/mol. The fourth-order valence-corrected chi connectivity index (χ4v) is 3.93. The molecule has 2 amide bonds. The summed E-state index contributed by atoms with van der Waals surface area (Å²) in [6.45, 7) is 16.0. The van der Waals surface area contributed by atoms with Gasteiger partial charge in [0.15, 0.2) is 0 Å². The number of carbonyl (C=O) groups excluding carboxylic acids is 2. The van der Waals surface area contributed by atoms with E-state index in [9.17, 15) is 9.59 Å². The van der Waals surface area contributed by atoms with Gasteiger partial charge in [0.1, 0.15) is 5.76 Å². The van der Waals surface area contributed by atoms with E-state index in [2.05, 4.69) is 25.2 Å². The molecule has 2 saturated heterocycles. The number of rotatable bonds is 6. The van der Waals surface area contributed by atoms with Gasteiger partial charge in [-0.1, -0.05) is 5.16 Å². The lowest BCUT2D eigenvalue weighted by molar-refractivity contribution is -0.135. The standard InChI is InChI=1S/C21H36N6O3/c1-17-13-18(23-30-17)14-24-5-7-26(8-6-24)16-20(29)27-11-9-25(10-12-27)15-19(28)22-21(2,3)4/h13H,5-12,14-16H2,1-4H3,(H,22,28). The Morgan fingerprint density at radius 3 is 2.10 bits per heavy atom. The summed E-state index contributed by atoms with van der Waals surface area (Å²) >= 11 is 0. The molecule has 30 heavy (non-hydrogen) atoms. The molecule has 0 bridgehead atoms. The molecule has 0 spiro atoms. The van der Waals surface area contributed by atoms with Crippen molar-refractivity contribution in [2.45, 2.75) is 39.8 Å². The lowest BCUT2D eigenvalue weighted by Crippen LogP contribution is -2.55. The van der Waals surface area contributed by atoms with Gasteiger partial charge >= 0.3 is 0 Å². The van der Waals surface area contributed by atoms with Crippen LogP contribution in [-0.4, -0.2) is 108 Å². The zero-order valence-corrected chi connectivity index (χ0v) is 18.8. The third-order valence-electron chi connectivity index (χ3n) is 5.49. The Balaban J connectivity index is 1.34. The Morgan fingerprint density at radius 2 is 1.53 bits per heavy atom. The summed E-state index contributed by atoms with van der Waals surface area (Å²) in [7, 11) is 0. The third-order valence-corrected chi connectivity index (χ3v) is 5.49. The van der Waals surface area contributed by atoms with Crippen LogP contribution < -0.4 is 5.32 Å². The number of amides is 2. The molecule has 2 aliphatic heterocycles. The Labute approximate surface area is 179 Å². The Bertz CT molecular complexity index is 713. The molecule has 168 valence electrons. The SMILES string of the molecule is Cc1cc(CN2CCN(CC(=O)N3CCN(CC(=O)NC(C)(C)C)CC3)CC2)no1. The normalized spacial score (nSPS) is 19.8. The van der Waals surface area contributed by atoms with Gasteiger partial charge in [0.25, 0.3) is 0 Å². The van der Waals surface area contributed by atoms with Crippen molar-refractivity contribution in [2.75, 3.05) is 65.4 Å². The summed E-state index contributed by atoms with van der Waals surface area (Å²) < 4.78 is 5.13. The largest absolute Gasteiger partial charge is 0.361 e. The maximum absolute atomic E-state index is 12.7. The topological polar surface area (TPSA) is 85.2 Å². The molecule has 0 aliphatic carbocycles. The van der Waals surface area contributed by atoms with Gasteiger partial charge in [-0.3, -0.25) is 24.3 Å². The quantitative estimate of drug-likeness (QED) is 0.702. The highest BCUT2D eigenvalue weighted by molar-refractivity contribution is 5.79. The van der Waals surface area contributed by atoms with E-state index in [4.69, 9.17) is 4.52 Å². The molecule has 2 aliphatic rings. The second kappa shape index (κ2) is 9.89. The predicted molar refractivity (Wildman–Crippen MR) is 114 cm³/mol. The number of aromatic nitrogens is 1. The first-order valence-corrected chi connectivity index (χ1v) is 10.9. The molecule has 0 saturated carbocycles. The first-order chi connectivity index (χ1) is 14.2. The lowest BCUT2D eigenvalue weighted by Gasteiger charge is -2.37. The van der Waals surface area contributed by atoms with Crippen LogP contribution >= 0.6 is 0 Å². The van der Waals surface area contributed by atoms with Crippen LogP contribution in [0, 0.1) is 6.92 Å². The minimum absolute atomic E-state index is 0.0425. The lowest BCUT2D eigenvalue weighted by atomic mass is 10.1. The van der Waals surface area contributed by atoms with Gasteiger partial charge in [0.2, 0.25) is 11.8 Å². The van der Waals surface area contributed by atoms with Crippen molar-refractivity contribution in [2.24, 2.45) is 0 Å². The average molecular weight is 421 g/mol. The van der Waals surface area contributed by atoms with E-state index in [-0.39, 0.29) is 17.4 Å². The summed E-state index contributed by atoms with van der Waals surface area (Å²) in [6, 6.07) is 1.97. The van der Waals surface area contributed by atoms with E-state index in [1.54, 1.807) is 0 Å². The molecule has 0 unspecified atom stereocenters. The van der Waals surface area contributed by atoms with E-state index < -0.39 is 0 Å². The van der Waals surface area contributed by atoms with Gasteiger partial charge in [0.05, 0.1) is 18.8 Å². The number of carbonyl (C=O) groups is 2. The van der Waals surface area contributed by atoms with E-state index in [0.29, 0.717) is 26.2 Å². The first kappa shape index (κ1) is 22.7. The number of piperazine rings is 2. The summed E-state index contributed by atoms with van der Waals surface area (Å²) in [5.41, 5.74) is 0.749. The summed E-state index contributed by atoms with van der Waals surface area (Å²) in [5.74, 6) is 1.07. The van der Waals surface area contributed by atoms with E-state index in [1.165, 1.54) is 0 Å². The van der Waals surface area contributed by atoms with Crippen LogP contribution in [0.5, 0.6) is 0 Å². The highest BCUT2D eigenvalue weighted by atomic mass is 16.5. The van der Waals surface area contributed by atoms with Gasteiger partial charge < -0.3 is 14.7 Å². The van der Waals surface area contributed by atoms with Crippen LogP contribution in [0.2, 0.25) is 0 Å². The zero-order valence-electron chi connectivity index (χ0n) is 18.8. The molecule has 3 heterocycles.